The first-order chi connectivity index (χ1) is 9.73. The second-order valence-corrected chi connectivity index (χ2v) is 7.42. The highest BCUT2D eigenvalue weighted by Crippen LogP contribution is 2.32. The van der Waals surface area contributed by atoms with Crippen LogP contribution in [0, 0.1) is 23.7 Å². The minimum absolute atomic E-state index is 1.07. The quantitative estimate of drug-likeness (QED) is 0.509. The Morgan fingerprint density at radius 1 is 0.500 bits per heavy atom. The first kappa shape index (κ1) is 18.1. The van der Waals surface area contributed by atoms with Crippen molar-refractivity contribution >= 4 is 0 Å². The lowest BCUT2D eigenvalue weighted by molar-refractivity contribution is 0.255. The SMILES string of the molecule is CCC1CCC(CC)CC1.CCC1CCCC(CC)C1. The van der Waals surface area contributed by atoms with Crippen LogP contribution in [0.2, 0.25) is 0 Å². The van der Waals surface area contributed by atoms with Gasteiger partial charge < -0.3 is 0 Å². The maximum Gasteiger partial charge on any atom is -0.0414 e. The van der Waals surface area contributed by atoms with Gasteiger partial charge in [0.1, 0.15) is 0 Å². The lowest BCUT2D eigenvalue weighted by Crippen LogP contribution is -2.13. The minimum atomic E-state index is 1.07. The molecule has 120 valence electrons. The third-order valence-corrected chi connectivity index (χ3v) is 6.17. The van der Waals surface area contributed by atoms with Crippen molar-refractivity contribution in [1.82, 2.24) is 0 Å². The molecule has 0 saturated heterocycles. The lowest BCUT2D eigenvalue weighted by Gasteiger charge is -2.27. The molecule has 2 saturated carbocycles. The Bertz CT molecular complexity index is 190. The number of hydrogen-bond acceptors (Lipinski definition) is 0. The molecule has 0 aliphatic heterocycles. The molecule has 2 aliphatic rings. The van der Waals surface area contributed by atoms with Gasteiger partial charge in [0, 0.05) is 0 Å². The van der Waals surface area contributed by atoms with Crippen molar-refractivity contribution in [3.05, 3.63) is 0 Å². The van der Waals surface area contributed by atoms with Gasteiger partial charge in [0.15, 0.2) is 0 Å². The normalized spacial score (nSPS) is 34.2. The molecule has 0 amide bonds. The average molecular weight is 281 g/mol. The molecule has 0 aromatic carbocycles. The first-order valence-corrected chi connectivity index (χ1v) is 9.73. The van der Waals surface area contributed by atoms with Crippen LogP contribution in [0.25, 0.3) is 0 Å². The summed E-state index contributed by atoms with van der Waals surface area (Å²) in [6, 6.07) is 0. The predicted octanol–water partition coefficient (Wildman–Crippen LogP) is 7.23. The molecule has 2 atom stereocenters. The summed E-state index contributed by atoms with van der Waals surface area (Å²) < 4.78 is 0. The Labute approximate surface area is 129 Å². The molecular formula is C20H40. The van der Waals surface area contributed by atoms with Crippen molar-refractivity contribution in [2.24, 2.45) is 23.7 Å². The molecule has 0 heteroatoms. The second kappa shape index (κ2) is 10.7. The largest absolute Gasteiger partial charge is 0.0651 e. The maximum atomic E-state index is 2.34. The highest BCUT2D eigenvalue weighted by molar-refractivity contribution is 4.71. The number of hydrogen-bond donors (Lipinski definition) is 0. The third kappa shape index (κ3) is 6.64. The predicted molar refractivity (Wildman–Crippen MR) is 92.1 cm³/mol. The topological polar surface area (TPSA) is 0 Å². The summed E-state index contributed by atoms with van der Waals surface area (Å²) in [7, 11) is 0. The van der Waals surface area contributed by atoms with E-state index in [9.17, 15) is 0 Å². The molecule has 0 N–H and O–H groups in total. The molecule has 0 aromatic rings. The van der Waals surface area contributed by atoms with Crippen LogP contribution in [0.15, 0.2) is 0 Å². The van der Waals surface area contributed by atoms with Gasteiger partial charge >= 0.3 is 0 Å². The summed E-state index contributed by atoms with van der Waals surface area (Å²) in [6.45, 7) is 9.33. The maximum absolute atomic E-state index is 2.34. The van der Waals surface area contributed by atoms with Crippen molar-refractivity contribution in [2.75, 3.05) is 0 Å². The van der Waals surface area contributed by atoms with E-state index in [1.54, 1.807) is 0 Å². The molecule has 2 fully saturated rings. The van der Waals surface area contributed by atoms with E-state index in [1.165, 1.54) is 77.0 Å². The smallest absolute Gasteiger partial charge is 0.0414 e. The molecule has 2 rings (SSSR count). The Balaban J connectivity index is 0.000000200. The summed E-state index contributed by atoms with van der Waals surface area (Å²) in [4.78, 5) is 0. The van der Waals surface area contributed by atoms with Crippen LogP contribution < -0.4 is 0 Å². The Morgan fingerprint density at radius 2 is 0.850 bits per heavy atom. The zero-order valence-corrected chi connectivity index (χ0v) is 14.8. The van der Waals surface area contributed by atoms with Crippen LogP contribution in [-0.4, -0.2) is 0 Å². The number of rotatable bonds is 4. The average Bonchev–Trinajstić information content (AvgIpc) is 2.55. The van der Waals surface area contributed by atoms with Crippen molar-refractivity contribution < 1.29 is 0 Å². The van der Waals surface area contributed by atoms with Crippen molar-refractivity contribution in [1.29, 1.82) is 0 Å². The van der Waals surface area contributed by atoms with Crippen molar-refractivity contribution in [2.45, 2.75) is 105 Å². The third-order valence-electron chi connectivity index (χ3n) is 6.17. The molecule has 0 nitrogen and oxygen atoms in total. The van der Waals surface area contributed by atoms with Gasteiger partial charge in [0.25, 0.3) is 0 Å². The van der Waals surface area contributed by atoms with E-state index in [1.807, 2.05) is 0 Å². The van der Waals surface area contributed by atoms with E-state index in [4.69, 9.17) is 0 Å². The zero-order valence-electron chi connectivity index (χ0n) is 14.8. The standard InChI is InChI=1S/2C10H20/c1-3-9-5-7-10(4-2)8-6-9;1-3-9-6-5-7-10(4-2)8-9/h2*9-10H,3-8H2,1-2H3. The summed E-state index contributed by atoms with van der Waals surface area (Å²) >= 11 is 0. The van der Waals surface area contributed by atoms with Crippen LogP contribution in [0.4, 0.5) is 0 Å². The van der Waals surface area contributed by atoms with E-state index < -0.39 is 0 Å². The van der Waals surface area contributed by atoms with Crippen LogP contribution in [0.3, 0.4) is 0 Å². The van der Waals surface area contributed by atoms with Gasteiger partial charge in [-0.05, 0) is 30.1 Å². The molecule has 0 bridgehead atoms. The van der Waals surface area contributed by atoms with E-state index in [-0.39, 0.29) is 0 Å². The molecule has 2 unspecified atom stereocenters. The Kier molecular flexibility index (Phi) is 9.65. The van der Waals surface area contributed by atoms with Gasteiger partial charge in [0.05, 0.1) is 0 Å². The van der Waals surface area contributed by atoms with E-state index >= 15 is 0 Å². The fraction of sp³-hybridized carbons (Fsp3) is 1.00. The summed E-state index contributed by atoms with van der Waals surface area (Å²) in [5.41, 5.74) is 0. The summed E-state index contributed by atoms with van der Waals surface area (Å²) in [6.07, 6.45) is 17.7. The molecular weight excluding hydrogens is 240 g/mol. The van der Waals surface area contributed by atoms with Crippen LogP contribution in [0.1, 0.15) is 105 Å². The summed E-state index contributed by atoms with van der Waals surface area (Å²) in [5.74, 6) is 4.28. The van der Waals surface area contributed by atoms with E-state index in [0.29, 0.717) is 0 Å². The monoisotopic (exact) mass is 280 g/mol. The van der Waals surface area contributed by atoms with E-state index in [0.717, 1.165) is 23.7 Å². The minimum Gasteiger partial charge on any atom is -0.0651 e. The first-order valence-electron chi connectivity index (χ1n) is 9.73. The van der Waals surface area contributed by atoms with Crippen LogP contribution in [0.5, 0.6) is 0 Å². The van der Waals surface area contributed by atoms with Crippen molar-refractivity contribution in [3.8, 4) is 0 Å². The molecule has 0 aromatic heterocycles. The summed E-state index contributed by atoms with van der Waals surface area (Å²) in [5, 5.41) is 0. The van der Waals surface area contributed by atoms with Gasteiger partial charge in [-0.2, -0.15) is 0 Å². The van der Waals surface area contributed by atoms with Crippen molar-refractivity contribution in [3.63, 3.8) is 0 Å². The highest BCUT2D eigenvalue weighted by atomic mass is 14.2. The molecule has 0 heterocycles. The van der Waals surface area contributed by atoms with Gasteiger partial charge in [0.2, 0.25) is 0 Å². The lowest BCUT2D eigenvalue weighted by atomic mass is 9.79. The van der Waals surface area contributed by atoms with Gasteiger partial charge in [-0.1, -0.05) is 98.3 Å². The highest BCUT2D eigenvalue weighted by Gasteiger charge is 2.19. The fourth-order valence-electron chi connectivity index (χ4n) is 4.19. The Hall–Kier alpha value is 0. The van der Waals surface area contributed by atoms with Gasteiger partial charge in [-0.25, -0.2) is 0 Å². The molecule has 0 spiro atoms. The zero-order chi connectivity index (χ0) is 14.8. The molecule has 20 heavy (non-hydrogen) atoms. The second-order valence-electron chi connectivity index (χ2n) is 7.42. The molecule has 2 aliphatic carbocycles. The molecule has 0 radical (unpaired) electrons. The van der Waals surface area contributed by atoms with Crippen LogP contribution in [-0.2, 0) is 0 Å². The van der Waals surface area contributed by atoms with Gasteiger partial charge in [-0.3, -0.25) is 0 Å². The Morgan fingerprint density at radius 3 is 1.15 bits per heavy atom. The fourth-order valence-corrected chi connectivity index (χ4v) is 4.19. The van der Waals surface area contributed by atoms with E-state index in [2.05, 4.69) is 27.7 Å². The van der Waals surface area contributed by atoms with Crippen LogP contribution >= 0.6 is 0 Å². The van der Waals surface area contributed by atoms with Gasteiger partial charge in [-0.15, -0.1) is 0 Å².